The molecule has 0 heterocycles. The van der Waals surface area contributed by atoms with E-state index in [0.29, 0.717) is 12.4 Å². The van der Waals surface area contributed by atoms with E-state index in [1.165, 1.54) is 0 Å². The highest BCUT2D eigenvalue weighted by atomic mass is 79.9. The van der Waals surface area contributed by atoms with Crippen molar-refractivity contribution < 1.29 is 14.6 Å². The first kappa shape index (κ1) is 12.0. The summed E-state index contributed by atoms with van der Waals surface area (Å²) in [5.74, 6) is 1.39. The topological polar surface area (TPSA) is 38.7 Å². The summed E-state index contributed by atoms with van der Waals surface area (Å²) in [5.41, 5.74) is 0. The van der Waals surface area contributed by atoms with Crippen LogP contribution in [0.15, 0.2) is 30.3 Å². The lowest BCUT2D eigenvalue weighted by Crippen LogP contribution is -1.98. The number of methoxy groups -OCH3 is 1. The highest BCUT2D eigenvalue weighted by molar-refractivity contribution is 9.09. The Labute approximate surface area is 108 Å². The molecule has 17 heavy (non-hydrogen) atoms. The third-order valence-electron chi connectivity index (χ3n) is 2.51. The number of halogens is 1. The highest BCUT2D eigenvalue weighted by Gasteiger charge is 2.09. The molecule has 0 unspecified atom stereocenters. The van der Waals surface area contributed by atoms with Crippen molar-refractivity contribution in [2.75, 3.05) is 19.0 Å². The zero-order chi connectivity index (χ0) is 12.3. The maximum atomic E-state index is 10.1. The second kappa shape index (κ2) is 5.27. The van der Waals surface area contributed by atoms with Gasteiger partial charge in [0.15, 0.2) is 11.5 Å². The average Bonchev–Trinajstić information content (AvgIpc) is 2.37. The number of rotatable bonds is 4. The Balaban J connectivity index is 2.52. The molecule has 0 radical (unpaired) electrons. The van der Waals surface area contributed by atoms with Crippen molar-refractivity contribution in [2.24, 2.45) is 0 Å². The number of alkyl halides is 1. The number of fused-ring (bicyclic) bond motifs is 1. The molecule has 3 nitrogen and oxygen atoms in total. The number of hydrogen-bond acceptors (Lipinski definition) is 3. The molecular formula is C13H13BrO3. The first-order chi connectivity index (χ1) is 8.27. The zero-order valence-corrected chi connectivity index (χ0v) is 11.0. The summed E-state index contributed by atoms with van der Waals surface area (Å²) >= 11 is 3.28. The van der Waals surface area contributed by atoms with Gasteiger partial charge in [-0.2, -0.15) is 0 Å². The van der Waals surface area contributed by atoms with E-state index in [2.05, 4.69) is 15.9 Å². The van der Waals surface area contributed by atoms with E-state index < -0.39 is 0 Å². The largest absolute Gasteiger partial charge is 0.504 e. The minimum atomic E-state index is 0.155. The van der Waals surface area contributed by atoms with Crippen LogP contribution in [0.3, 0.4) is 0 Å². The van der Waals surface area contributed by atoms with E-state index in [1.807, 2.05) is 24.3 Å². The van der Waals surface area contributed by atoms with Crippen molar-refractivity contribution in [3.8, 4) is 17.2 Å². The second-order valence-corrected chi connectivity index (χ2v) is 4.30. The summed E-state index contributed by atoms with van der Waals surface area (Å²) in [7, 11) is 1.61. The molecule has 0 bridgehead atoms. The van der Waals surface area contributed by atoms with Gasteiger partial charge < -0.3 is 14.6 Å². The van der Waals surface area contributed by atoms with Crippen molar-refractivity contribution >= 4 is 26.7 Å². The van der Waals surface area contributed by atoms with E-state index in [-0.39, 0.29) is 5.75 Å². The molecule has 0 aromatic heterocycles. The predicted octanol–water partition coefficient (Wildman–Crippen LogP) is 3.33. The molecule has 2 aromatic carbocycles. The Morgan fingerprint density at radius 2 is 1.94 bits per heavy atom. The second-order valence-electron chi connectivity index (χ2n) is 3.51. The maximum Gasteiger partial charge on any atom is 0.165 e. The summed E-state index contributed by atoms with van der Waals surface area (Å²) in [6.07, 6.45) is 0. The standard InChI is InChI=1S/C13H13BrO3/c1-16-11-4-2-3-10-9(11)5-6-12(13(10)15)17-8-7-14/h2-6,15H,7-8H2,1H3. The molecule has 0 saturated heterocycles. The maximum absolute atomic E-state index is 10.1. The number of hydrogen-bond donors (Lipinski definition) is 1. The Morgan fingerprint density at radius 1 is 1.12 bits per heavy atom. The highest BCUT2D eigenvalue weighted by Crippen LogP contribution is 2.38. The molecule has 90 valence electrons. The predicted molar refractivity (Wildman–Crippen MR) is 71.5 cm³/mol. The fraction of sp³-hybridized carbons (Fsp3) is 0.231. The van der Waals surface area contributed by atoms with Crippen LogP contribution in [0.1, 0.15) is 0 Å². The lowest BCUT2D eigenvalue weighted by molar-refractivity contribution is 0.324. The zero-order valence-electron chi connectivity index (χ0n) is 9.44. The molecule has 0 aliphatic carbocycles. The molecule has 0 spiro atoms. The normalized spacial score (nSPS) is 10.5. The van der Waals surface area contributed by atoms with Crippen LogP contribution < -0.4 is 9.47 Å². The van der Waals surface area contributed by atoms with Crippen molar-refractivity contribution in [3.63, 3.8) is 0 Å². The number of phenols is 1. The van der Waals surface area contributed by atoms with Gasteiger partial charge in [-0.15, -0.1) is 0 Å². The fourth-order valence-corrected chi connectivity index (χ4v) is 1.90. The molecule has 0 amide bonds. The van der Waals surface area contributed by atoms with Crippen molar-refractivity contribution in [1.82, 2.24) is 0 Å². The number of aromatic hydroxyl groups is 1. The van der Waals surface area contributed by atoms with Crippen LogP contribution in [0.5, 0.6) is 17.2 Å². The van der Waals surface area contributed by atoms with Crippen LogP contribution in [0.2, 0.25) is 0 Å². The van der Waals surface area contributed by atoms with Crippen LogP contribution >= 0.6 is 15.9 Å². The van der Waals surface area contributed by atoms with Gasteiger partial charge in [-0.25, -0.2) is 0 Å². The molecular weight excluding hydrogens is 284 g/mol. The van der Waals surface area contributed by atoms with Gasteiger partial charge in [-0.1, -0.05) is 28.1 Å². The molecule has 2 rings (SSSR count). The van der Waals surface area contributed by atoms with Crippen LogP contribution in [-0.2, 0) is 0 Å². The fourth-order valence-electron chi connectivity index (χ4n) is 1.74. The number of ether oxygens (including phenoxy) is 2. The molecule has 0 aliphatic heterocycles. The monoisotopic (exact) mass is 296 g/mol. The van der Waals surface area contributed by atoms with Gasteiger partial charge in [-0.05, 0) is 18.2 Å². The summed E-state index contributed by atoms with van der Waals surface area (Å²) in [6.45, 7) is 0.517. The van der Waals surface area contributed by atoms with Gasteiger partial charge in [0.05, 0.1) is 13.7 Å². The van der Waals surface area contributed by atoms with Gasteiger partial charge in [-0.3, -0.25) is 0 Å². The molecule has 0 atom stereocenters. The van der Waals surface area contributed by atoms with E-state index in [9.17, 15) is 5.11 Å². The quantitative estimate of drug-likeness (QED) is 0.880. The lowest BCUT2D eigenvalue weighted by atomic mass is 10.1. The Kier molecular flexibility index (Phi) is 3.74. The first-order valence-corrected chi connectivity index (χ1v) is 6.37. The van der Waals surface area contributed by atoms with Gasteiger partial charge in [0.1, 0.15) is 5.75 Å². The molecule has 4 heteroatoms. The van der Waals surface area contributed by atoms with E-state index in [0.717, 1.165) is 21.9 Å². The third kappa shape index (κ3) is 2.31. The Hall–Kier alpha value is -1.42. The van der Waals surface area contributed by atoms with Crippen molar-refractivity contribution in [3.05, 3.63) is 30.3 Å². The van der Waals surface area contributed by atoms with Crippen LogP contribution in [0.4, 0.5) is 0 Å². The molecule has 0 fully saturated rings. The minimum Gasteiger partial charge on any atom is -0.504 e. The van der Waals surface area contributed by atoms with Gasteiger partial charge in [0, 0.05) is 16.1 Å². The lowest BCUT2D eigenvalue weighted by Gasteiger charge is -2.11. The molecule has 0 saturated carbocycles. The molecule has 0 aliphatic rings. The van der Waals surface area contributed by atoms with Crippen LogP contribution in [0, 0.1) is 0 Å². The Morgan fingerprint density at radius 3 is 2.65 bits per heavy atom. The van der Waals surface area contributed by atoms with Gasteiger partial charge in [0.25, 0.3) is 0 Å². The first-order valence-electron chi connectivity index (χ1n) is 5.25. The SMILES string of the molecule is COc1cccc2c(O)c(OCCBr)ccc12. The molecule has 2 aromatic rings. The van der Waals surface area contributed by atoms with Crippen LogP contribution in [0.25, 0.3) is 10.8 Å². The summed E-state index contributed by atoms with van der Waals surface area (Å²) < 4.78 is 10.7. The van der Waals surface area contributed by atoms with Crippen LogP contribution in [-0.4, -0.2) is 24.2 Å². The Bertz CT molecular complexity index is 525. The molecule has 1 N–H and O–H groups in total. The summed E-state index contributed by atoms with van der Waals surface area (Å²) in [5, 5.41) is 12.4. The van der Waals surface area contributed by atoms with Crippen molar-refractivity contribution in [1.29, 1.82) is 0 Å². The summed E-state index contributed by atoms with van der Waals surface area (Å²) in [6, 6.07) is 9.18. The number of benzene rings is 2. The minimum absolute atomic E-state index is 0.155. The third-order valence-corrected chi connectivity index (χ3v) is 2.83. The van der Waals surface area contributed by atoms with E-state index in [4.69, 9.17) is 9.47 Å². The van der Waals surface area contributed by atoms with Gasteiger partial charge >= 0.3 is 0 Å². The summed E-state index contributed by atoms with van der Waals surface area (Å²) in [4.78, 5) is 0. The average molecular weight is 297 g/mol. The van der Waals surface area contributed by atoms with E-state index >= 15 is 0 Å². The van der Waals surface area contributed by atoms with Gasteiger partial charge in [0.2, 0.25) is 0 Å². The van der Waals surface area contributed by atoms with E-state index in [1.54, 1.807) is 13.2 Å². The smallest absolute Gasteiger partial charge is 0.165 e. The van der Waals surface area contributed by atoms with Crippen molar-refractivity contribution in [2.45, 2.75) is 0 Å². The number of phenolic OH excluding ortho intramolecular Hbond substituents is 1.